The summed E-state index contributed by atoms with van der Waals surface area (Å²) in [6.45, 7) is 5.32. The molecule has 0 saturated heterocycles. The lowest BCUT2D eigenvalue weighted by Gasteiger charge is -2.24. The van der Waals surface area contributed by atoms with Crippen molar-refractivity contribution in [2.75, 3.05) is 47.5 Å². The number of para-hydroxylation sites is 1. The van der Waals surface area contributed by atoms with Gasteiger partial charge in [-0.2, -0.15) is 0 Å². The van der Waals surface area contributed by atoms with Gasteiger partial charge in [-0.1, -0.05) is 25.1 Å². The molecule has 0 amide bonds. The maximum Gasteiger partial charge on any atom is 0.124 e. The van der Waals surface area contributed by atoms with Crippen molar-refractivity contribution < 1.29 is 9.47 Å². The minimum atomic E-state index is 0.281. The fraction of sp³-hybridized carbons (Fsp3) is 0.625. The number of nitrogens with one attached hydrogen (secondary N) is 1. The molecule has 0 bridgehead atoms. The van der Waals surface area contributed by atoms with Crippen LogP contribution in [0.4, 0.5) is 0 Å². The summed E-state index contributed by atoms with van der Waals surface area (Å²) in [6.07, 6.45) is 1.12. The number of ether oxygens (including phenoxy) is 2. The van der Waals surface area contributed by atoms with Gasteiger partial charge < -0.3 is 19.7 Å². The molecule has 0 spiro atoms. The van der Waals surface area contributed by atoms with Crippen LogP contribution in [-0.2, 0) is 4.74 Å². The molecule has 0 radical (unpaired) electrons. The maximum absolute atomic E-state index is 5.84. The van der Waals surface area contributed by atoms with E-state index in [9.17, 15) is 0 Å². The first-order valence-electron chi connectivity index (χ1n) is 7.27. The van der Waals surface area contributed by atoms with E-state index in [0.717, 1.165) is 25.3 Å². The van der Waals surface area contributed by atoms with E-state index >= 15 is 0 Å². The van der Waals surface area contributed by atoms with Crippen LogP contribution in [0.1, 0.15) is 24.9 Å². The highest BCUT2D eigenvalue weighted by atomic mass is 16.5. The number of hydrogen-bond acceptors (Lipinski definition) is 4. The van der Waals surface area contributed by atoms with Crippen molar-refractivity contribution in [2.24, 2.45) is 0 Å². The Morgan fingerprint density at radius 3 is 2.60 bits per heavy atom. The summed E-state index contributed by atoms with van der Waals surface area (Å²) in [5.74, 6) is 0.944. The normalized spacial score (nSPS) is 12.7. The molecule has 1 rings (SSSR count). The topological polar surface area (TPSA) is 33.7 Å². The molecule has 1 aromatic carbocycles. The summed E-state index contributed by atoms with van der Waals surface area (Å²) in [5.41, 5.74) is 1.21. The van der Waals surface area contributed by atoms with Gasteiger partial charge in [0.25, 0.3) is 0 Å². The first-order valence-corrected chi connectivity index (χ1v) is 7.27. The standard InChI is InChI=1S/C16H28N2O2/c1-5-10-17-15(13-18(2)3)14-8-6-7-9-16(14)20-12-11-19-4/h6-9,15,17H,5,10-13H2,1-4H3. The second-order valence-electron chi connectivity index (χ2n) is 5.15. The van der Waals surface area contributed by atoms with Gasteiger partial charge in [-0.25, -0.2) is 0 Å². The van der Waals surface area contributed by atoms with Gasteiger partial charge in [0.05, 0.1) is 6.61 Å². The van der Waals surface area contributed by atoms with Crippen LogP contribution >= 0.6 is 0 Å². The van der Waals surface area contributed by atoms with Crippen molar-refractivity contribution in [1.29, 1.82) is 0 Å². The molecule has 1 aromatic rings. The zero-order valence-electron chi connectivity index (χ0n) is 13.2. The average Bonchev–Trinajstić information content (AvgIpc) is 2.44. The van der Waals surface area contributed by atoms with Crippen LogP contribution in [0.15, 0.2) is 24.3 Å². The Labute approximate surface area is 123 Å². The molecule has 1 N–H and O–H groups in total. The zero-order valence-corrected chi connectivity index (χ0v) is 13.2. The maximum atomic E-state index is 5.84. The van der Waals surface area contributed by atoms with Gasteiger partial charge >= 0.3 is 0 Å². The lowest BCUT2D eigenvalue weighted by atomic mass is 10.0. The van der Waals surface area contributed by atoms with E-state index in [4.69, 9.17) is 9.47 Å². The molecule has 0 fully saturated rings. The predicted octanol–water partition coefficient (Wildman–Crippen LogP) is 2.31. The van der Waals surface area contributed by atoms with Crippen molar-refractivity contribution in [3.8, 4) is 5.75 Å². The van der Waals surface area contributed by atoms with Crippen LogP contribution < -0.4 is 10.1 Å². The summed E-state index contributed by atoms with van der Waals surface area (Å²) in [6, 6.07) is 8.52. The Morgan fingerprint density at radius 1 is 1.20 bits per heavy atom. The van der Waals surface area contributed by atoms with E-state index in [-0.39, 0.29) is 6.04 Å². The number of methoxy groups -OCH3 is 1. The van der Waals surface area contributed by atoms with E-state index in [1.54, 1.807) is 7.11 Å². The zero-order chi connectivity index (χ0) is 14.8. The molecule has 114 valence electrons. The lowest BCUT2D eigenvalue weighted by molar-refractivity contribution is 0.145. The molecule has 20 heavy (non-hydrogen) atoms. The van der Waals surface area contributed by atoms with Crippen molar-refractivity contribution in [2.45, 2.75) is 19.4 Å². The lowest BCUT2D eigenvalue weighted by Crippen LogP contribution is -2.32. The summed E-state index contributed by atoms with van der Waals surface area (Å²) in [5, 5.41) is 3.59. The van der Waals surface area contributed by atoms with Crippen LogP contribution in [0, 0.1) is 0 Å². The second kappa shape index (κ2) is 9.75. The molecular weight excluding hydrogens is 252 g/mol. The van der Waals surface area contributed by atoms with Crippen LogP contribution in [0.3, 0.4) is 0 Å². The fourth-order valence-electron chi connectivity index (χ4n) is 2.09. The van der Waals surface area contributed by atoms with Crippen molar-refractivity contribution >= 4 is 0 Å². The smallest absolute Gasteiger partial charge is 0.124 e. The molecule has 0 heterocycles. The average molecular weight is 280 g/mol. The molecule has 4 nitrogen and oxygen atoms in total. The van der Waals surface area contributed by atoms with E-state index in [2.05, 4.69) is 43.4 Å². The third kappa shape index (κ3) is 5.90. The first kappa shape index (κ1) is 17.0. The number of rotatable bonds is 10. The quantitative estimate of drug-likeness (QED) is 0.667. The Bertz CT molecular complexity index is 369. The molecule has 0 aliphatic rings. The third-order valence-corrected chi connectivity index (χ3v) is 3.03. The van der Waals surface area contributed by atoms with Crippen LogP contribution in [-0.4, -0.2) is 52.4 Å². The highest BCUT2D eigenvalue weighted by molar-refractivity contribution is 5.36. The molecule has 0 aliphatic carbocycles. The van der Waals surface area contributed by atoms with Crippen molar-refractivity contribution in [1.82, 2.24) is 10.2 Å². The van der Waals surface area contributed by atoms with Gasteiger partial charge in [-0.05, 0) is 33.1 Å². The number of nitrogens with zero attached hydrogens (tertiary/aromatic N) is 1. The molecule has 1 atom stereocenters. The SMILES string of the molecule is CCCNC(CN(C)C)c1ccccc1OCCOC. The summed E-state index contributed by atoms with van der Waals surface area (Å²) >= 11 is 0. The molecule has 0 aliphatic heterocycles. The van der Waals surface area contributed by atoms with Crippen molar-refractivity contribution in [3.05, 3.63) is 29.8 Å². The van der Waals surface area contributed by atoms with Crippen LogP contribution in [0.5, 0.6) is 5.75 Å². The Hall–Kier alpha value is -1.10. The minimum Gasteiger partial charge on any atom is -0.491 e. The second-order valence-corrected chi connectivity index (χ2v) is 5.15. The summed E-state index contributed by atoms with van der Waals surface area (Å²) in [4.78, 5) is 2.19. The van der Waals surface area contributed by atoms with E-state index in [0.29, 0.717) is 13.2 Å². The molecule has 1 unspecified atom stereocenters. The summed E-state index contributed by atoms with van der Waals surface area (Å²) in [7, 11) is 5.87. The minimum absolute atomic E-state index is 0.281. The Morgan fingerprint density at radius 2 is 1.95 bits per heavy atom. The number of benzene rings is 1. The Balaban J connectivity index is 2.81. The highest BCUT2D eigenvalue weighted by Crippen LogP contribution is 2.25. The van der Waals surface area contributed by atoms with Crippen LogP contribution in [0.25, 0.3) is 0 Å². The highest BCUT2D eigenvalue weighted by Gasteiger charge is 2.16. The predicted molar refractivity (Wildman–Crippen MR) is 83.4 cm³/mol. The molecular formula is C16H28N2O2. The Kier molecular flexibility index (Phi) is 8.26. The molecule has 4 heteroatoms. The van der Waals surface area contributed by atoms with Gasteiger partial charge in [0.15, 0.2) is 0 Å². The van der Waals surface area contributed by atoms with Gasteiger partial charge in [0.2, 0.25) is 0 Å². The van der Waals surface area contributed by atoms with Gasteiger partial charge in [0.1, 0.15) is 12.4 Å². The fourth-order valence-corrected chi connectivity index (χ4v) is 2.09. The third-order valence-electron chi connectivity index (χ3n) is 3.03. The molecule has 0 aromatic heterocycles. The van der Waals surface area contributed by atoms with Gasteiger partial charge in [-0.15, -0.1) is 0 Å². The van der Waals surface area contributed by atoms with E-state index < -0.39 is 0 Å². The van der Waals surface area contributed by atoms with E-state index in [1.807, 2.05) is 12.1 Å². The summed E-state index contributed by atoms with van der Waals surface area (Å²) < 4.78 is 10.9. The largest absolute Gasteiger partial charge is 0.491 e. The van der Waals surface area contributed by atoms with Gasteiger partial charge in [-0.3, -0.25) is 0 Å². The van der Waals surface area contributed by atoms with Gasteiger partial charge in [0, 0.05) is 25.3 Å². The van der Waals surface area contributed by atoms with Crippen LogP contribution in [0.2, 0.25) is 0 Å². The number of likely N-dealkylation sites (N-methyl/N-ethyl adjacent to an activating group) is 1. The molecule has 0 saturated carbocycles. The van der Waals surface area contributed by atoms with E-state index in [1.165, 1.54) is 5.56 Å². The monoisotopic (exact) mass is 280 g/mol. The number of hydrogen-bond donors (Lipinski definition) is 1. The first-order chi connectivity index (χ1) is 9.69. The van der Waals surface area contributed by atoms with Crippen molar-refractivity contribution in [3.63, 3.8) is 0 Å².